The van der Waals surface area contributed by atoms with Crippen LogP contribution in [-0.2, 0) is 6.54 Å². The monoisotopic (exact) mass is 309 g/mol. The van der Waals surface area contributed by atoms with Crippen molar-refractivity contribution in [2.75, 3.05) is 6.61 Å². The maximum atomic E-state index is 12.3. The van der Waals surface area contributed by atoms with Gasteiger partial charge in [0.15, 0.2) is 0 Å². The van der Waals surface area contributed by atoms with E-state index in [0.717, 1.165) is 0 Å². The van der Waals surface area contributed by atoms with E-state index >= 15 is 0 Å². The second-order valence-corrected chi connectivity index (χ2v) is 6.57. The zero-order valence-electron chi connectivity index (χ0n) is 12.6. The van der Waals surface area contributed by atoms with E-state index in [2.05, 4.69) is 10.3 Å². The van der Waals surface area contributed by atoms with E-state index in [9.17, 15) is 14.7 Å². The van der Waals surface area contributed by atoms with Crippen molar-refractivity contribution in [3.05, 3.63) is 27.1 Å². The molecule has 2 heterocycles. The summed E-state index contributed by atoms with van der Waals surface area (Å²) in [6.45, 7) is 7.46. The van der Waals surface area contributed by atoms with Crippen molar-refractivity contribution in [3.8, 4) is 0 Å². The fraction of sp³-hybridized carbons (Fsp3) is 0.500. The van der Waals surface area contributed by atoms with Crippen molar-refractivity contribution in [3.63, 3.8) is 0 Å². The highest BCUT2D eigenvalue weighted by Gasteiger charge is 2.24. The lowest BCUT2D eigenvalue weighted by molar-refractivity contribution is 0.0873. The molecule has 0 spiro atoms. The first-order chi connectivity index (χ1) is 9.80. The maximum Gasteiger partial charge on any atom is 0.262 e. The molecule has 2 N–H and O–H groups in total. The molecule has 2 aromatic rings. The smallest absolute Gasteiger partial charge is 0.262 e. The van der Waals surface area contributed by atoms with E-state index < -0.39 is 5.54 Å². The van der Waals surface area contributed by atoms with Gasteiger partial charge in [0.25, 0.3) is 11.5 Å². The summed E-state index contributed by atoms with van der Waals surface area (Å²) in [6, 6.07) is 0. The van der Waals surface area contributed by atoms with Gasteiger partial charge >= 0.3 is 0 Å². The summed E-state index contributed by atoms with van der Waals surface area (Å²) in [7, 11) is 0. The largest absolute Gasteiger partial charge is 0.394 e. The molecule has 114 valence electrons. The molecule has 0 fully saturated rings. The Kier molecular flexibility index (Phi) is 4.15. The number of fused-ring (bicyclic) bond motifs is 1. The number of carbonyl (C=O) groups is 1. The van der Waals surface area contributed by atoms with Crippen LogP contribution >= 0.6 is 11.3 Å². The molecule has 21 heavy (non-hydrogen) atoms. The highest BCUT2D eigenvalue weighted by atomic mass is 32.1. The average Bonchev–Trinajstić information content (AvgIpc) is 2.77. The number of aliphatic hydroxyl groups is 1. The molecular weight excluding hydrogens is 290 g/mol. The fourth-order valence-electron chi connectivity index (χ4n) is 2.00. The van der Waals surface area contributed by atoms with Crippen LogP contribution < -0.4 is 10.9 Å². The van der Waals surface area contributed by atoms with E-state index in [1.54, 1.807) is 20.8 Å². The van der Waals surface area contributed by atoms with Crippen LogP contribution in [0.25, 0.3) is 10.2 Å². The summed E-state index contributed by atoms with van der Waals surface area (Å²) in [5.74, 6) is -0.294. The number of nitrogens with one attached hydrogen (secondary N) is 1. The number of hydrogen-bond acceptors (Lipinski definition) is 5. The van der Waals surface area contributed by atoms with E-state index in [0.29, 0.717) is 27.2 Å². The SMILES string of the molecule is CCn1cnc2sc(C(=O)NC(C)(C)CO)c(C)c2c1=O. The number of amides is 1. The van der Waals surface area contributed by atoms with E-state index in [4.69, 9.17) is 0 Å². The topological polar surface area (TPSA) is 84.2 Å². The second-order valence-electron chi connectivity index (χ2n) is 5.57. The number of rotatable bonds is 4. The first kappa shape index (κ1) is 15.7. The van der Waals surface area contributed by atoms with Crippen LogP contribution in [0.3, 0.4) is 0 Å². The van der Waals surface area contributed by atoms with Crippen molar-refractivity contribution in [1.82, 2.24) is 14.9 Å². The number of hydrogen-bond donors (Lipinski definition) is 2. The Labute approximate surface area is 126 Å². The Bertz CT molecular complexity index is 746. The average molecular weight is 309 g/mol. The van der Waals surface area contributed by atoms with Crippen LogP contribution in [0.15, 0.2) is 11.1 Å². The van der Waals surface area contributed by atoms with Gasteiger partial charge in [-0.2, -0.15) is 0 Å². The van der Waals surface area contributed by atoms with E-state index in [1.165, 1.54) is 22.2 Å². The predicted octanol–water partition coefficient (Wildman–Crippen LogP) is 1.29. The molecule has 6 nitrogen and oxygen atoms in total. The van der Waals surface area contributed by atoms with Crippen molar-refractivity contribution in [2.24, 2.45) is 0 Å². The van der Waals surface area contributed by atoms with Crippen LogP contribution in [0.5, 0.6) is 0 Å². The summed E-state index contributed by atoms with van der Waals surface area (Å²) in [4.78, 5) is 29.9. The quantitative estimate of drug-likeness (QED) is 0.891. The normalized spacial score (nSPS) is 11.9. The summed E-state index contributed by atoms with van der Waals surface area (Å²) >= 11 is 1.20. The fourth-order valence-corrected chi connectivity index (χ4v) is 3.04. The minimum absolute atomic E-state index is 0.128. The first-order valence-electron chi connectivity index (χ1n) is 6.72. The van der Waals surface area contributed by atoms with Crippen LogP contribution in [0.2, 0.25) is 0 Å². The lowest BCUT2D eigenvalue weighted by atomic mass is 10.1. The summed E-state index contributed by atoms with van der Waals surface area (Å²) in [5, 5.41) is 12.5. The van der Waals surface area contributed by atoms with Crippen LogP contribution in [0, 0.1) is 6.92 Å². The summed E-state index contributed by atoms with van der Waals surface area (Å²) in [6.07, 6.45) is 1.50. The van der Waals surface area contributed by atoms with Gasteiger partial charge in [-0.15, -0.1) is 11.3 Å². The maximum absolute atomic E-state index is 12.3. The van der Waals surface area contributed by atoms with Crippen molar-refractivity contribution < 1.29 is 9.90 Å². The molecule has 0 aliphatic carbocycles. The van der Waals surface area contributed by atoms with Crippen molar-refractivity contribution in [2.45, 2.75) is 39.8 Å². The zero-order chi connectivity index (χ0) is 15.8. The van der Waals surface area contributed by atoms with Crippen molar-refractivity contribution >= 4 is 27.5 Å². The van der Waals surface area contributed by atoms with Gasteiger partial charge in [0.2, 0.25) is 0 Å². The molecule has 0 bridgehead atoms. The molecule has 0 saturated heterocycles. The van der Waals surface area contributed by atoms with Crippen LogP contribution in [0.4, 0.5) is 0 Å². The van der Waals surface area contributed by atoms with Gasteiger partial charge in [0.1, 0.15) is 4.83 Å². The minimum Gasteiger partial charge on any atom is -0.394 e. The molecule has 2 rings (SSSR count). The molecule has 2 aromatic heterocycles. The number of aliphatic hydroxyl groups excluding tert-OH is 1. The Hall–Kier alpha value is -1.73. The van der Waals surface area contributed by atoms with Crippen molar-refractivity contribution in [1.29, 1.82) is 0 Å². The van der Waals surface area contributed by atoms with Gasteiger partial charge in [-0.05, 0) is 33.3 Å². The molecule has 0 aromatic carbocycles. The third-order valence-corrected chi connectivity index (χ3v) is 4.51. The van der Waals surface area contributed by atoms with E-state index in [-0.39, 0.29) is 18.1 Å². The Morgan fingerprint density at radius 2 is 2.19 bits per heavy atom. The summed E-state index contributed by atoms with van der Waals surface area (Å²) < 4.78 is 1.52. The lowest BCUT2D eigenvalue weighted by Gasteiger charge is -2.23. The third kappa shape index (κ3) is 2.84. The lowest BCUT2D eigenvalue weighted by Crippen LogP contribution is -2.46. The Morgan fingerprint density at radius 3 is 2.76 bits per heavy atom. The Balaban J connectivity index is 2.52. The van der Waals surface area contributed by atoms with Gasteiger partial charge in [-0.1, -0.05) is 0 Å². The van der Waals surface area contributed by atoms with Gasteiger partial charge in [0, 0.05) is 6.54 Å². The van der Waals surface area contributed by atoms with Gasteiger partial charge < -0.3 is 10.4 Å². The molecule has 0 radical (unpaired) electrons. The number of thiophene rings is 1. The van der Waals surface area contributed by atoms with Gasteiger partial charge in [-0.25, -0.2) is 4.98 Å². The standard InChI is InChI=1S/C14H19N3O3S/c1-5-17-7-15-12-9(13(17)20)8(2)10(21-12)11(19)16-14(3,4)6-18/h7,18H,5-6H2,1-4H3,(H,16,19). The molecule has 7 heteroatoms. The second kappa shape index (κ2) is 5.57. The number of carbonyl (C=O) groups excluding carboxylic acids is 1. The highest BCUT2D eigenvalue weighted by Crippen LogP contribution is 2.27. The summed E-state index contributed by atoms with van der Waals surface area (Å²) in [5.41, 5.74) is -0.199. The molecular formula is C14H19N3O3S. The Morgan fingerprint density at radius 1 is 1.52 bits per heavy atom. The minimum atomic E-state index is -0.712. The van der Waals surface area contributed by atoms with E-state index in [1.807, 2.05) is 6.92 Å². The first-order valence-corrected chi connectivity index (χ1v) is 7.54. The molecule has 0 aliphatic heterocycles. The molecule has 0 unspecified atom stereocenters. The predicted molar refractivity (Wildman–Crippen MR) is 82.9 cm³/mol. The number of aromatic nitrogens is 2. The number of aryl methyl sites for hydroxylation is 2. The molecule has 0 atom stereocenters. The molecule has 0 aliphatic rings. The van der Waals surface area contributed by atoms with Gasteiger partial charge in [-0.3, -0.25) is 14.2 Å². The zero-order valence-corrected chi connectivity index (χ0v) is 13.4. The molecule has 1 amide bonds. The third-order valence-electron chi connectivity index (χ3n) is 3.31. The highest BCUT2D eigenvalue weighted by molar-refractivity contribution is 7.20. The van der Waals surface area contributed by atoms with Crippen LogP contribution in [-0.4, -0.2) is 32.7 Å². The van der Waals surface area contributed by atoms with Crippen LogP contribution in [0.1, 0.15) is 36.0 Å². The number of nitrogens with zero attached hydrogens (tertiary/aromatic N) is 2. The van der Waals surface area contributed by atoms with Gasteiger partial charge in [0.05, 0.1) is 28.7 Å². The molecule has 0 saturated carbocycles.